The number of carbonyl (C=O) groups excluding carboxylic acids is 1. The highest BCUT2D eigenvalue weighted by atomic mass is 32.2. The molecular formula is C21H21N3O4S2. The van der Waals surface area contributed by atoms with Gasteiger partial charge in [-0.2, -0.15) is 0 Å². The van der Waals surface area contributed by atoms with Crippen molar-refractivity contribution in [1.29, 1.82) is 0 Å². The predicted molar refractivity (Wildman–Crippen MR) is 118 cm³/mol. The van der Waals surface area contributed by atoms with Gasteiger partial charge in [0.25, 0.3) is 10.0 Å². The van der Waals surface area contributed by atoms with Gasteiger partial charge in [0.1, 0.15) is 5.75 Å². The molecule has 0 spiro atoms. The number of hydrogen-bond acceptors (Lipinski definition) is 6. The van der Waals surface area contributed by atoms with Gasteiger partial charge < -0.3 is 10.1 Å². The van der Waals surface area contributed by atoms with Crippen LogP contribution in [-0.4, -0.2) is 26.4 Å². The Morgan fingerprint density at radius 1 is 1.13 bits per heavy atom. The third-order valence-electron chi connectivity index (χ3n) is 4.03. The van der Waals surface area contributed by atoms with E-state index in [0.717, 1.165) is 16.2 Å². The van der Waals surface area contributed by atoms with Crippen LogP contribution in [0, 0.1) is 0 Å². The van der Waals surface area contributed by atoms with Crippen molar-refractivity contribution >= 4 is 39.1 Å². The van der Waals surface area contributed by atoms with Crippen molar-refractivity contribution in [1.82, 2.24) is 4.98 Å². The van der Waals surface area contributed by atoms with Crippen LogP contribution in [0.5, 0.6) is 5.75 Å². The number of hydrogen-bond donors (Lipinski definition) is 2. The Kier molecular flexibility index (Phi) is 6.96. The van der Waals surface area contributed by atoms with E-state index in [1.807, 2.05) is 30.5 Å². The maximum absolute atomic E-state index is 12.8. The third-order valence-corrected chi connectivity index (χ3v) is 6.49. The number of amides is 1. The van der Waals surface area contributed by atoms with Crippen molar-refractivity contribution in [2.75, 3.05) is 17.1 Å². The van der Waals surface area contributed by atoms with E-state index in [-0.39, 0.29) is 16.5 Å². The lowest BCUT2D eigenvalue weighted by Crippen LogP contribution is -2.14. The second-order valence-corrected chi connectivity index (χ2v) is 9.05. The Morgan fingerprint density at radius 2 is 1.90 bits per heavy atom. The first-order valence-corrected chi connectivity index (χ1v) is 11.4. The van der Waals surface area contributed by atoms with Gasteiger partial charge in [0.05, 0.1) is 17.7 Å². The first-order valence-electron chi connectivity index (χ1n) is 8.97. The summed E-state index contributed by atoms with van der Waals surface area (Å²) in [7, 11) is -2.39. The topological polar surface area (TPSA) is 97.4 Å². The van der Waals surface area contributed by atoms with E-state index >= 15 is 0 Å². The minimum Gasteiger partial charge on any atom is -0.495 e. The summed E-state index contributed by atoms with van der Waals surface area (Å²) in [6.45, 7) is 1.34. The second-order valence-electron chi connectivity index (χ2n) is 6.32. The highest BCUT2D eigenvalue weighted by Crippen LogP contribution is 2.29. The van der Waals surface area contributed by atoms with E-state index in [2.05, 4.69) is 15.0 Å². The van der Waals surface area contributed by atoms with Gasteiger partial charge in [0.2, 0.25) is 5.91 Å². The van der Waals surface area contributed by atoms with Gasteiger partial charge in [-0.3, -0.25) is 14.5 Å². The van der Waals surface area contributed by atoms with E-state index in [0.29, 0.717) is 11.4 Å². The molecule has 156 valence electrons. The number of ether oxygens (including phenoxy) is 1. The molecule has 0 aliphatic heterocycles. The van der Waals surface area contributed by atoms with Crippen molar-refractivity contribution in [3.63, 3.8) is 0 Å². The van der Waals surface area contributed by atoms with Gasteiger partial charge in [0, 0.05) is 35.7 Å². The smallest absolute Gasteiger partial charge is 0.261 e. The average Bonchev–Trinajstić information content (AvgIpc) is 2.73. The maximum Gasteiger partial charge on any atom is 0.261 e. The summed E-state index contributed by atoms with van der Waals surface area (Å²) in [5.41, 5.74) is 1.84. The molecule has 0 saturated carbocycles. The van der Waals surface area contributed by atoms with Crippen molar-refractivity contribution in [2.45, 2.75) is 22.5 Å². The molecule has 30 heavy (non-hydrogen) atoms. The number of nitrogens with zero attached hydrogens (tertiary/aromatic N) is 1. The fraction of sp³-hybridized carbons (Fsp3) is 0.143. The fourth-order valence-corrected chi connectivity index (χ4v) is 4.54. The predicted octanol–water partition coefficient (Wildman–Crippen LogP) is 4.14. The van der Waals surface area contributed by atoms with Crippen molar-refractivity contribution in [3.8, 4) is 5.75 Å². The summed E-state index contributed by atoms with van der Waals surface area (Å²) in [6.07, 6.45) is 3.55. The van der Waals surface area contributed by atoms with Gasteiger partial charge >= 0.3 is 0 Å². The van der Waals surface area contributed by atoms with Crippen molar-refractivity contribution in [2.24, 2.45) is 0 Å². The van der Waals surface area contributed by atoms with Gasteiger partial charge in [-0.25, -0.2) is 8.42 Å². The van der Waals surface area contributed by atoms with Crippen LogP contribution >= 0.6 is 11.8 Å². The molecule has 0 aliphatic rings. The number of nitrogens with one attached hydrogen (secondary N) is 2. The minimum absolute atomic E-state index is 0.0158. The lowest BCUT2D eigenvalue weighted by atomic mass is 10.3. The molecule has 7 nitrogen and oxygen atoms in total. The summed E-state index contributed by atoms with van der Waals surface area (Å²) in [5, 5.41) is 2.57. The number of methoxy groups -OCH3 is 1. The average molecular weight is 444 g/mol. The molecule has 1 aromatic heterocycles. The van der Waals surface area contributed by atoms with E-state index in [1.165, 1.54) is 32.2 Å². The van der Waals surface area contributed by atoms with Crippen LogP contribution in [0.4, 0.5) is 11.4 Å². The minimum atomic E-state index is -3.84. The Balaban J connectivity index is 1.71. The second kappa shape index (κ2) is 9.64. The summed E-state index contributed by atoms with van der Waals surface area (Å²) in [5.74, 6) is 0.825. The molecule has 2 aromatic carbocycles. The summed E-state index contributed by atoms with van der Waals surface area (Å²) in [6, 6.07) is 15.3. The van der Waals surface area contributed by atoms with Crippen LogP contribution in [0.15, 0.2) is 76.8 Å². The first-order chi connectivity index (χ1) is 14.4. The molecule has 0 bridgehead atoms. The first kappa shape index (κ1) is 21.7. The molecule has 1 amide bonds. The number of sulfonamides is 1. The van der Waals surface area contributed by atoms with Gasteiger partial charge in [0.15, 0.2) is 0 Å². The van der Waals surface area contributed by atoms with Crippen molar-refractivity contribution in [3.05, 3.63) is 72.6 Å². The molecule has 0 saturated heterocycles. The number of carbonyl (C=O) groups is 1. The Hall–Kier alpha value is -3.04. The highest BCUT2D eigenvalue weighted by Gasteiger charge is 2.17. The normalized spacial score (nSPS) is 11.0. The molecule has 9 heteroatoms. The van der Waals surface area contributed by atoms with Crippen LogP contribution in [0.2, 0.25) is 0 Å². The van der Waals surface area contributed by atoms with Crippen molar-refractivity contribution < 1.29 is 17.9 Å². The number of thioether (sulfide) groups is 1. The van der Waals surface area contributed by atoms with E-state index in [9.17, 15) is 13.2 Å². The van der Waals surface area contributed by atoms with Crippen LogP contribution in [0.1, 0.15) is 12.5 Å². The third kappa shape index (κ3) is 5.74. The van der Waals surface area contributed by atoms with Crippen LogP contribution in [0.3, 0.4) is 0 Å². The summed E-state index contributed by atoms with van der Waals surface area (Å²) >= 11 is 1.64. The van der Waals surface area contributed by atoms with Gasteiger partial charge in [-0.05, 0) is 54.1 Å². The monoisotopic (exact) mass is 443 g/mol. The Bertz CT molecular complexity index is 1120. The molecule has 1 heterocycles. The van der Waals surface area contributed by atoms with Gasteiger partial charge in [-0.1, -0.05) is 6.07 Å². The SMILES string of the molecule is COc1ccc(S(=O)(=O)Nc2ccc(SCc3cccnc3)cc2)cc1NC(C)=O. The number of aromatic nitrogens is 1. The highest BCUT2D eigenvalue weighted by molar-refractivity contribution is 7.98. The Labute approximate surface area is 179 Å². The van der Waals surface area contributed by atoms with E-state index in [4.69, 9.17) is 4.74 Å². The number of anilines is 2. The fourth-order valence-electron chi connectivity index (χ4n) is 2.63. The molecule has 0 unspecified atom stereocenters. The molecular weight excluding hydrogens is 422 g/mol. The largest absolute Gasteiger partial charge is 0.495 e. The molecule has 0 fully saturated rings. The molecule has 0 aliphatic carbocycles. The van der Waals surface area contributed by atoms with Crippen LogP contribution < -0.4 is 14.8 Å². The molecule has 3 rings (SSSR count). The standard InChI is InChI=1S/C21H21N3O4S2/c1-15(25)23-20-12-19(9-10-21(20)28-2)30(26,27)24-17-5-7-18(8-6-17)29-14-16-4-3-11-22-13-16/h3-13,24H,14H2,1-2H3,(H,23,25). The lowest BCUT2D eigenvalue weighted by molar-refractivity contribution is -0.114. The number of pyridine rings is 1. The maximum atomic E-state index is 12.8. The zero-order valence-electron chi connectivity index (χ0n) is 16.5. The molecule has 2 N–H and O–H groups in total. The Morgan fingerprint density at radius 3 is 2.53 bits per heavy atom. The molecule has 0 atom stereocenters. The zero-order valence-corrected chi connectivity index (χ0v) is 18.1. The molecule has 3 aromatic rings. The van der Waals surface area contributed by atoms with Gasteiger partial charge in [-0.15, -0.1) is 11.8 Å². The zero-order chi connectivity index (χ0) is 21.6. The lowest BCUT2D eigenvalue weighted by Gasteiger charge is -2.13. The quantitative estimate of drug-likeness (QED) is 0.508. The molecule has 0 radical (unpaired) electrons. The number of rotatable bonds is 8. The summed E-state index contributed by atoms with van der Waals surface area (Å²) < 4.78 is 33.2. The van der Waals surface area contributed by atoms with E-state index < -0.39 is 10.0 Å². The summed E-state index contributed by atoms with van der Waals surface area (Å²) in [4.78, 5) is 16.5. The number of benzene rings is 2. The van der Waals surface area contributed by atoms with E-state index in [1.54, 1.807) is 30.1 Å². The van der Waals surface area contributed by atoms with Crippen LogP contribution in [0.25, 0.3) is 0 Å². The van der Waals surface area contributed by atoms with Crippen LogP contribution in [-0.2, 0) is 20.6 Å².